The highest BCUT2D eigenvalue weighted by Crippen LogP contribution is 2.53. The van der Waals surface area contributed by atoms with Crippen LogP contribution in [0.2, 0.25) is 0 Å². The maximum atomic E-state index is 13.6. The highest BCUT2D eigenvalue weighted by atomic mass is 32.2. The summed E-state index contributed by atoms with van der Waals surface area (Å²) in [5.41, 5.74) is 4.57. The fourth-order valence-corrected chi connectivity index (χ4v) is 6.27. The van der Waals surface area contributed by atoms with Crippen molar-refractivity contribution in [3.8, 4) is 5.75 Å². The molecule has 2 aromatic carbocycles. The van der Waals surface area contributed by atoms with E-state index in [2.05, 4.69) is 28.5 Å². The van der Waals surface area contributed by atoms with Gasteiger partial charge in [-0.1, -0.05) is 19.9 Å². The topological polar surface area (TPSA) is 104 Å². The first-order valence-electron chi connectivity index (χ1n) is 11.0. The SMILES string of the molecule is COc1ccc2c(c1NS(C)(=O)=O)[C@]1(C)CCN(C(=O)c3ccc4nc[nH]c4c3)[C@H](C2)[C@H]1C. The highest BCUT2D eigenvalue weighted by molar-refractivity contribution is 7.92. The van der Waals surface area contributed by atoms with Gasteiger partial charge in [0.25, 0.3) is 5.91 Å². The lowest BCUT2D eigenvalue weighted by atomic mass is 9.58. The summed E-state index contributed by atoms with van der Waals surface area (Å²) in [4.78, 5) is 22.9. The minimum Gasteiger partial charge on any atom is -0.495 e. The number of aromatic amines is 1. The van der Waals surface area contributed by atoms with Crippen LogP contribution in [0.5, 0.6) is 5.75 Å². The molecule has 5 rings (SSSR count). The molecule has 0 radical (unpaired) electrons. The Kier molecular flexibility index (Phi) is 4.93. The molecule has 174 valence electrons. The minimum atomic E-state index is -3.49. The lowest BCUT2D eigenvalue weighted by Crippen LogP contribution is -2.59. The number of likely N-dealkylation sites (tertiary alicyclic amines) is 1. The van der Waals surface area contributed by atoms with Gasteiger partial charge < -0.3 is 14.6 Å². The third-order valence-corrected chi connectivity index (χ3v) is 8.12. The standard InChI is InChI=1S/C24H28N4O4S/c1-14-19-12-15-6-8-20(32-3)22(27-33(4,30)31)21(15)24(14,2)9-10-28(19)23(29)16-5-7-17-18(11-16)26-13-25-17/h5-8,11,13-14,19,27H,9-10,12H2,1-4H3,(H,25,26)/t14-,19-,24-/m1/s1. The molecule has 9 heteroatoms. The summed E-state index contributed by atoms with van der Waals surface area (Å²) in [7, 11) is -1.94. The molecule has 0 unspecified atom stereocenters. The second kappa shape index (κ2) is 7.48. The van der Waals surface area contributed by atoms with Gasteiger partial charge in [0.15, 0.2) is 0 Å². The quantitative estimate of drug-likeness (QED) is 0.611. The molecule has 1 fully saturated rings. The van der Waals surface area contributed by atoms with E-state index in [9.17, 15) is 13.2 Å². The van der Waals surface area contributed by atoms with Gasteiger partial charge in [0.1, 0.15) is 5.75 Å². The molecule has 8 nitrogen and oxygen atoms in total. The average molecular weight is 469 g/mol. The summed E-state index contributed by atoms with van der Waals surface area (Å²) < 4.78 is 32.5. The van der Waals surface area contributed by atoms with E-state index >= 15 is 0 Å². The van der Waals surface area contributed by atoms with Crippen LogP contribution >= 0.6 is 0 Å². The van der Waals surface area contributed by atoms with Crippen LogP contribution in [0.3, 0.4) is 0 Å². The van der Waals surface area contributed by atoms with E-state index in [-0.39, 0.29) is 23.3 Å². The van der Waals surface area contributed by atoms with Crippen molar-refractivity contribution in [2.75, 3.05) is 24.6 Å². The van der Waals surface area contributed by atoms with Crippen molar-refractivity contribution < 1.29 is 17.9 Å². The molecule has 2 aliphatic rings. The number of hydrogen-bond acceptors (Lipinski definition) is 5. The zero-order valence-electron chi connectivity index (χ0n) is 19.2. The number of H-pyrrole nitrogens is 1. The number of sulfonamides is 1. The van der Waals surface area contributed by atoms with Crippen LogP contribution in [0, 0.1) is 5.92 Å². The van der Waals surface area contributed by atoms with E-state index in [1.54, 1.807) is 19.5 Å². The minimum absolute atomic E-state index is 0.0110. The number of aromatic nitrogens is 2. The van der Waals surface area contributed by atoms with E-state index in [1.165, 1.54) is 0 Å². The Bertz CT molecular complexity index is 1370. The normalized spacial score (nSPS) is 24.4. The molecular weight excluding hydrogens is 440 g/mol. The zero-order valence-corrected chi connectivity index (χ0v) is 20.0. The van der Waals surface area contributed by atoms with Gasteiger partial charge in [0, 0.05) is 23.6 Å². The smallest absolute Gasteiger partial charge is 0.254 e. The Labute approximate surface area is 193 Å². The van der Waals surface area contributed by atoms with Crippen molar-refractivity contribution in [1.29, 1.82) is 0 Å². The fourth-order valence-electron chi connectivity index (χ4n) is 5.70. The predicted octanol–water partition coefficient (Wildman–Crippen LogP) is 3.31. The lowest BCUT2D eigenvalue weighted by molar-refractivity contribution is 0.0252. The Morgan fingerprint density at radius 1 is 1.30 bits per heavy atom. The van der Waals surface area contributed by atoms with Crippen molar-refractivity contribution in [2.45, 2.75) is 38.1 Å². The first-order valence-corrected chi connectivity index (χ1v) is 12.9. The van der Waals surface area contributed by atoms with Crippen molar-refractivity contribution in [1.82, 2.24) is 14.9 Å². The van der Waals surface area contributed by atoms with E-state index in [0.717, 1.165) is 34.8 Å². The van der Waals surface area contributed by atoms with E-state index in [1.807, 2.05) is 29.2 Å². The van der Waals surface area contributed by atoms with Crippen LogP contribution in [0.1, 0.15) is 41.8 Å². The number of rotatable bonds is 4. The van der Waals surface area contributed by atoms with Gasteiger partial charge in [-0.3, -0.25) is 9.52 Å². The molecule has 2 bridgehead atoms. The van der Waals surface area contributed by atoms with Crippen molar-refractivity contribution in [3.05, 3.63) is 53.3 Å². The van der Waals surface area contributed by atoms with E-state index in [0.29, 0.717) is 30.0 Å². The molecule has 1 aliphatic heterocycles. The zero-order chi connectivity index (χ0) is 23.5. The first kappa shape index (κ1) is 21.8. The molecule has 3 aromatic rings. The van der Waals surface area contributed by atoms with Gasteiger partial charge in [-0.25, -0.2) is 13.4 Å². The van der Waals surface area contributed by atoms with Gasteiger partial charge in [-0.05, 0) is 54.2 Å². The fraction of sp³-hybridized carbons (Fsp3) is 0.417. The van der Waals surface area contributed by atoms with Crippen LogP contribution < -0.4 is 9.46 Å². The van der Waals surface area contributed by atoms with Gasteiger partial charge >= 0.3 is 0 Å². The largest absolute Gasteiger partial charge is 0.495 e. The van der Waals surface area contributed by atoms with Crippen LogP contribution in [0.15, 0.2) is 36.7 Å². The number of carbonyl (C=O) groups excluding carboxylic acids is 1. The molecule has 1 aliphatic carbocycles. The number of nitrogens with one attached hydrogen (secondary N) is 2. The van der Waals surface area contributed by atoms with Crippen LogP contribution in [-0.4, -0.2) is 55.1 Å². The Balaban J connectivity index is 1.56. The molecule has 0 saturated carbocycles. The average Bonchev–Trinajstić information content (AvgIpc) is 3.22. The van der Waals surface area contributed by atoms with Gasteiger partial charge in [-0.2, -0.15) is 0 Å². The van der Waals surface area contributed by atoms with Gasteiger partial charge in [0.05, 0.1) is 36.4 Å². The third-order valence-electron chi connectivity index (χ3n) is 7.54. The van der Waals surface area contributed by atoms with Crippen molar-refractivity contribution in [2.24, 2.45) is 5.92 Å². The number of benzene rings is 2. The van der Waals surface area contributed by atoms with E-state index < -0.39 is 10.0 Å². The van der Waals surface area contributed by atoms with Crippen molar-refractivity contribution >= 4 is 32.7 Å². The lowest BCUT2D eigenvalue weighted by Gasteiger charge is -2.55. The molecule has 0 spiro atoms. The summed E-state index contributed by atoms with van der Waals surface area (Å²) in [5.74, 6) is 0.653. The third kappa shape index (κ3) is 3.45. The number of piperidine rings is 1. The van der Waals surface area contributed by atoms with Crippen LogP contribution in [-0.2, 0) is 21.9 Å². The van der Waals surface area contributed by atoms with Crippen LogP contribution in [0.25, 0.3) is 11.0 Å². The number of amides is 1. The maximum absolute atomic E-state index is 13.6. The highest BCUT2D eigenvalue weighted by Gasteiger charge is 2.51. The summed E-state index contributed by atoms with van der Waals surface area (Å²) in [6.07, 6.45) is 4.16. The Morgan fingerprint density at radius 3 is 2.82 bits per heavy atom. The number of anilines is 1. The summed E-state index contributed by atoms with van der Waals surface area (Å²) in [6.45, 7) is 4.93. The molecule has 3 atom stereocenters. The summed E-state index contributed by atoms with van der Waals surface area (Å²) in [5, 5.41) is 0. The number of nitrogens with zero attached hydrogens (tertiary/aromatic N) is 2. The van der Waals surface area contributed by atoms with Gasteiger partial charge in [-0.15, -0.1) is 0 Å². The monoisotopic (exact) mass is 468 g/mol. The number of imidazole rings is 1. The molecule has 1 saturated heterocycles. The predicted molar refractivity (Wildman–Crippen MR) is 127 cm³/mol. The molecular formula is C24H28N4O4S. The molecule has 1 amide bonds. The number of ether oxygens (including phenoxy) is 1. The molecule has 2 heterocycles. The van der Waals surface area contributed by atoms with Gasteiger partial charge in [0.2, 0.25) is 10.0 Å². The maximum Gasteiger partial charge on any atom is 0.254 e. The summed E-state index contributed by atoms with van der Waals surface area (Å²) >= 11 is 0. The van der Waals surface area contributed by atoms with E-state index in [4.69, 9.17) is 4.74 Å². The molecule has 2 N–H and O–H groups in total. The number of methoxy groups -OCH3 is 1. The molecule has 33 heavy (non-hydrogen) atoms. The Hall–Kier alpha value is -3.07. The Morgan fingerprint density at radius 2 is 2.09 bits per heavy atom. The van der Waals surface area contributed by atoms with Crippen LogP contribution in [0.4, 0.5) is 5.69 Å². The summed E-state index contributed by atoms with van der Waals surface area (Å²) in [6, 6.07) is 9.38. The second-order valence-electron chi connectivity index (χ2n) is 9.41. The first-order chi connectivity index (χ1) is 15.6. The number of fused-ring (bicyclic) bond motifs is 5. The number of hydrogen-bond donors (Lipinski definition) is 2. The molecule has 1 aromatic heterocycles. The van der Waals surface area contributed by atoms with Crippen molar-refractivity contribution in [3.63, 3.8) is 0 Å². The second-order valence-corrected chi connectivity index (χ2v) is 11.2. The number of carbonyl (C=O) groups is 1.